The molecule has 4 nitrogen and oxygen atoms in total. The fraction of sp³-hybridized carbons (Fsp3) is 0.857. The van der Waals surface area contributed by atoms with Crippen molar-refractivity contribution in [2.24, 2.45) is 11.7 Å². The van der Waals surface area contributed by atoms with E-state index in [0.717, 1.165) is 6.42 Å². The zero-order valence-electron chi connectivity index (χ0n) is 6.75. The molecule has 0 saturated heterocycles. The van der Waals surface area contributed by atoms with Gasteiger partial charge in [0.2, 0.25) is 0 Å². The number of ether oxygens (including phenoxy) is 1. The van der Waals surface area contributed by atoms with Crippen LogP contribution in [0.3, 0.4) is 0 Å². The van der Waals surface area contributed by atoms with Gasteiger partial charge in [-0.15, -0.1) is 0 Å². The summed E-state index contributed by atoms with van der Waals surface area (Å²) in [7, 11) is 0. The van der Waals surface area contributed by atoms with Gasteiger partial charge in [0.1, 0.15) is 6.61 Å². The molecule has 1 atom stereocenters. The summed E-state index contributed by atoms with van der Waals surface area (Å²) in [6.07, 6.45) is 0.884. The first kappa shape index (κ1) is 10.4. The van der Waals surface area contributed by atoms with Crippen LogP contribution >= 0.6 is 0 Å². The van der Waals surface area contributed by atoms with Gasteiger partial charge in [0.25, 0.3) is 0 Å². The summed E-state index contributed by atoms with van der Waals surface area (Å²) in [6.45, 7) is 2.24. The molecular formula is C7H15NO3. The maximum absolute atomic E-state index is 10.4. The fourth-order valence-corrected chi connectivity index (χ4v) is 0.609. The molecule has 0 bridgehead atoms. The Morgan fingerprint density at radius 3 is 2.73 bits per heavy atom. The van der Waals surface area contributed by atoms with Crippen LogP contribution in [0.1, 0.15) is 13.3 Å². The summed E-state index contributed by atoms with van der Waals surface area (Å²) in [4.78, 5) is 10.4. The molecule has 11 heavy (non-hydrogen) atoms. The van der Waals surface area contributed by atoms with E-state index in [9.17, 15) is 4.79 Å². The average molecular weight is 161 g/mol. The first-order valence-electron chi connectivity index (χ1n) is 3.71. The van der Waals surface area contributed by atoms with E-state index >= 15 is 0 Å². The van der Waals surface area contributed by atoms with Gasteiger partial charge in [-0.05, 0) is 13.0 Å². The Kier molecular flexibility index (Phi) is 5.78. The van der Waals surface area contributed by atoms with E-state index in [1.165, 1.54) is 0 Å². The van der Waals surface area contributed by atoms with Gasteiger partial charge in [0.05, 0.1) is 6.61 Å². The Morgan fingerprint density at radius 1 is 1.73 bits per heavy atom. The monoisotopic (exact) mass is 161 g/mol. The second-order valence-corrected chi connectivity index (χ2v) is 2.35. The summed E-state index contributed by atoms with van der Waals surface area (Å²) in [6, 6.07) is 0. The highest BCUT2D eigenvalue weighted by Gasteiger charge is 2.06. The van der Waals surface area contributed by atoms with Crippen molar-refractivity contribution in [1.82, 2.24) is 0 Å². The molecular weight excluding hydrogens is 146 g/mol. The third-order valence-electron chi connectivity index (χ3n) is 1.52. The lowest BCUT2D eigenvalue weighted by Crippen LogP contribution is -2.22. The van der Waals surface area contributed by atoms with Crippen LogP contribution in [0.2, 0.25) is 0 Å². The Morgan fingerprint density at radius 2 is 2.36 bits per heavy atom. The van der Waals surface area contributed by atoms with Gasteiger partial charge in [-0.3, -0.25) is 0 Å². The normalized spacial score (nSPS) is 12.6. The van der Waals surface area contributed by atoms with Crippen LogP contribution < -0.4 is 5.73 Å². The smallest absolute Gasteiger partial charge is 0.331 e. The molecule has 0 spiro atoms. The molecule has 0 aliphatic carbocycles. The first-order chi connectivity index (χ1) is 5.24. The highest BCUT2D eigenvalue weighted by Crippen LogP contribution is 1.99. The predicted molar refractivity (Wildman–Crippen MR) is 40.9 cm³/mol. The Labute approximate surface area is 66.3 Å². The van der Waals surface area contributed by atoms with E-state index in [2.05, 4.69) is 4.74 Å². The second-order valence-electron chi connectivity index (χ2n) is 2.35. The van der Waals surface area contributed by atoms with Gasteiger partial charge in [-0.2, -0.15) is 0 Å². The van der Waals surface area contributed by atoms with Crippen molar-refractivity contribution in [3.05, 3.63) is 0 Å². The summed E-state index contributed by atoms with van der Waals surface area (Å²) in [5.74, 6) is -0.373. The van der Waals surface area contributed by atoms with Gasteiger partial charge in [-0.25, -0.2) is 4.79 Å². The minimum atomic E-state index is -0.586. The SMILES string of the molecule is CCC(CN)COC(=O)CO. The lowest BCUT2D eigenvalue weighted by molar-refractivity contribution is -0.148. The van der Waals surface area contributed by atoms with Crippen LogP contribution in [0.5, 0.6) is 0 Å². The molecule has 0 aromatic rings. The van der Waals surface area contributed by atoms with Crippen molar-refractivity contribution in [2.45, 2.75) is 13.3 Å². The van der Waals surface area contributed by atoms with Gasteiger partial charge in [0.15, 0.2) is 0 Å². The molecule has 0 aliphatic heterocycles. The standard InChI is InChI=1S/C7H15NO3/c1-2-6(3-8)5-11-7(10)4-9/h6,9H,2-5,8H2,1H3. The maximum Gasteiger partial charge on any atom is 0.331 e. The number of aliphatic hydroxyl groups is 1. The molecule has 0 saturated carbocycles. The van der Waals surface area contributed by atoms with Gasteiger partial charge in [-0.1, -0.05) is 6.92 Å². The van der Waals surface area contributed by atoms with Crippen LogP contribution in [0.25, 0.3) is 0 Å². The van der Waals surface area contributed by atoms with E-state index in [1.807, 2.05) is 6.92 Å². The minimum absolute atomic E-state index is 0.213. The molecule has 0 aromatic carbocycles. The van der Waals surface area contributed by atoms with E-state index in [-0.39, 0.29) is 5.92 Å². The summed E-state index contributed by atoms with van der Waals surface area (Å²) >= 11 is 0. The van der Waals surface area contributed by atoms with Crippen molar-refractivity contribution in [1.29, 1.82) is 0 Å². The molecule has 0 heterocycles. The maximum atomic E-state index is 10.4. The van der Waals surface area contributed by atoms with Crippen LogP contribution in [0, 0.1) is 5.92 Å². The van der Waals surface area contributed by atoms with Crippen molar-refractivity contribution in [3.63, 3.8) is 0 Å². The number of carbonyl (C=O) groups excluding carboxylic acids is 1. The Hall–Kier alpha value is -0.610. The molecule has 4 heteroatoms. The quantitative estimate of drug-likeness (QED) is 0.533. The van der Waals surface area contributed by atoms with Gasteiger partial charge < -0.3 is 15.6 Å². The first-order valence-corrected chi connectivity index (χ1v) is 3.71. The van der Waals surface area contributed by atoms with E-state index in [0.29, 0.717) is 13.2 Å². The predicted octanol–water partition coefficient (Wildman–Crippen LogP) is -0.493. The van der Waals surface area contributed by atoms with E-state index in [4.69, 9.17) is 10.8 Å². The molecule has 3 N–H and O–H groups in total. The minimum Gasteiger partial charge on any atom is -0.464 e. The topological polar surface area (TPSA) is 72.5 Å². The number of nitrogens with two attached hydrogens (primary N) is 1. The second kappa shape index (κ2) is 6.12. The van der Waals surface area contributed by atoms with Crippen molar-refractivity contribution in [3.8, 4) is 0 Å². The lowest BCUT2D eigenvalue weighted by atomic mass is 10.1. The van der Waals surface area contributed by atoms with Crippen molar-refractivity contribution < 1.29 is 14.6 Å². The number of esters is 1. The number of hydrogen-bond acceptors (Lipinski definition) is 4. The zero-order valence-corrected chi connectivity index (χ0v) is 6.75. The van der Waals surface area contributed by atoms with Crippen LogP contribution in [-0.2, 0) is 9.53 Å². The molecule has 1 unspecified atom stereocenters. The zero-order chi connectivity index (χ0) is 8.69. The van der Waals surface area contributed by atoms with E-state index in [1.54, 1.807) is 0 Å². The highest BCUT2D eigenvalue weighted by atomic mass is 16.5. The molecule has 0 aliphatic rings. The van der Waals surface area contributed by atoms with Crippen molar-refractivity contribution in [2.75, 3.05) is 19.8 Å². The number of hydrogen-bond donors (Lipinski definition) is 2. The number of aliphatic hydroxyl groups excluding tert-OH is 1. The Bertz CT molecular complexity index is 112. The summed E-state index contributed by atoms with van der Waals surface area (Å²) < 4.78 is 4.67. The third-order valence-corrected chi connectivity index (χ3v) is 1.52. The van der Waals surface area contributed by atoms with Crippen molar-refractivity contribution >= 4 is 5.97 Å². The molecule has 0 fully saturated rings. The molecule has 0 radical (unpaired) electrons. The van der Waals surface area contributed by atoms with Gasteiger partial charge >= 0.3 is 5.97 Å². The molecule has 0 aromatic heterocycles. The fourth-order valence-electron chi connectivity index (χ4n) is 0.609. The number of rotatable bonds is 5. The van der Waals surface area contributed by atoms with Gasteiger partial charge in [0, 0.05) is 5.92 Å². The molecule has 0 rings (SSSR count). The molecule has 0 amide bonds. The lowest BCUT2D eigenvalue weighted by Gasteiger charge is -2.11. The highest BCUT2D eigenvalue weighted by molar-refractivity contribution is 5.70. The Balaban J connectivity index is 3.42. The van der Waals surface area contributed by atoms with E-state index < -0.39 is 12.6 Å². The third kappa shape index (κ3) is 4.75. The summed E-state index contributed by atoms with van der Waals surface area (Å²) in [5, 5.41) is 8.29. The average Bonchev–Trinajstić information content (AvgIpc) is 2.06. The van der Waals surface area contributed by atoms with Crippen LogP contribution in [0.15, 0.2) is 0 Å². The largest absolute Gasteiger partial charge is 0.464 e. The summed E-state index contributed by atoms with van der Waals surface area (Å²) in [5.41, 5.74) is 5.36. The number of carbonyl (C=O) groups is 1. The van der Waals surface area contributed by atoms with Crippen LogP contribution in [-0.4, -0.2) is 30.8 Å². The molecule has 66 valence electrons. The van der Waals surface area contributed by atoms with Crippen LogP contribution in [0.4, 0.5) is 0 Å².